The lowest BCUT2D eigenvalue weighted by atomic mass is 9.95. The van der Waals surface area contributed by atoms with Crippen molar-refractivity contribution in [3.63, 3.8) is 0 Å². The summed E-state index contributed by atoms with van der Waals surface area (Å²) in [5.74, 6) is 0.0766. The highest BCUT2D eigenvalue weighted by molar-refractivity contribution is 5.63. The Morgan fingerprint density at radius 2 is 1.48 bits per heavy atom. The van der Waals surface area contributed by atoms with E-state index in [2.05, 4.69) is 12.2 Å². The molecule has 0 spiro atoms. The van der Waals surface area contributed by atoms with Crippen LogP contribution in [0, 0.1) is 0 Å². The Balaban J connectivity index is 1.81. The number of hydrogen-bond donors (Lipinski definition) is 2. The van der Waals surface area contributed by atoms with Gasteiger partial charge in [-0.15, -0.1) is 0 Å². The van der Waals surface area contributed by atoms with Crippen LogP contribution in [0.25, 0.3) is 0 Å². The normalized spacial score (nSPS) is 13.2. The Hall–Kier alpha value is -2.92. The summed E-state index contributed by atoms with van der Waals surface area (Å²) in [4.78, 5) is 24.2. The van der Waals surface area contributed by atoms with Crippen molar-refractivity contribution in [3.8, 4) is 5.75 Å². The monoisotopic (exact) mass is 393 g/mol. The minimum absolute atomic E-state index is 0.0766. The number of nitrogens with one attached hydrogen (secondary N) is 1. The Morgan fingerprint density at radius 3 is 2.10 bits per heavy atom. The van der Waals surface area contributed by atoms with Crippen LogP contribution in [0.1, 0.15) is 55.9 Å². The van der Waals surface area contributed by atoms with Crippen molar-refractivity contribution < 1.29 is 9.84 Å². The van der Waals surface area contributed by atoms with Gasteiger partial charge in [-0.1, -0.05) is 86.8 Å². The molecule has 0 aliphatic rings. The molecular formula is C24H27NO4. The van der Waals surface area contributed by atoms with E-state index < -0.39 is 23.0 Å². The molecule has 3 rings (SSSR count). The van der Waals surface area contributed by atoms with E-state index in [-0.39, 0.29) is 11.4 Å². The molecule has 3 aromatic carbocycles. The first kappa shape index (κ1) is 20.8. The standard InChI is InChI=1S/C24H27NO4/c1-2-3-4-11-16-29-24-20(22(27)23(24)28)25-19(17-12-7-5-8-13-17)21(26)18-14-9-6-10-15-18/h5-10,12-15,19,21,25-26H,2-4,11,16H2,1H3/t19-,21+/m0/s1. The predicted molar refractivity (Wildman–Crippen MR) is 115 cm³/mol. The van der Waals surface area contributed by atoms with Gasteiger partial charge in [-0.3, -0.25) is 9.59 Å². The number of hydrogen-bond acceptors (Lipinski definition) is 5. The van der Waals surface area contributed by atoms with Crippen LogP contribution in [0.5, 0.6) is 5.75 Å². The molecule has 0 saturated carbocycles. The highest BCUT2D eigenvalue weighted by atomic mass is 16.5. The number of anilines is 1. The SMILES string of the molecule is CCCCCCOc1c(N[C@@H](c2ccccc2)[C@H](O)c2ccccc2)c(=O)c1=O. The molecule has 0 amide bonds. The maximum absolute atomic E-state index is 12.2. The molecule has 2 N–H and O–H groups in total. The first-order valence-corrected chi connectivity index (χ1v) is 10.1. The number of aliphatic hydroxyl groups is 1. The first-order chi connectivity index (χ1) is 14.1. The molecule has 0 aliphatic heterocycles. The van der Waals surface area contributed by atoms with Gasteiger partial charge in [0.25, 0.3) is 10.9 Å². The number of ether oxygens (including phenoxy) is 1. The van der Waals surface area contributed by atoms with Crippen LogP contribution in [0.4, 0.5) is 5.69 Å². The van der Waals surface area contributed by atoms with Crippen molar-refractivity contribution in [2.45, 2.75) is 44.8 Å². The molecule has 0 aromatic heterocycles. The van der Waals surface area contributed by atoms with Gasteiger partial charge in [-0.05, 0) is 17.5 Å². The average molecular weight is 393 g/mol. The summed E-state index contributed by atoms with van der Waals surface area (Å²) in [6.07, 6.45) is 3.18. The third-order valence-corrected chi connectivity index (χ3v) is 5.03. The number of unbranched alkanes of at least 4 members (excludes halogenated alkanes) is 3. The van der Waals surface area contributed by atoms with Crippen LogP contribution < -0.4 is 20.9 Å². The highest BCUT2D eigenvalue weighted by Gasteiger charge is 2.29. The van der Waals surface area contributed by atoms with Crippen molar-refractivity contribution in [1.82, 2.24) is 0 Å². The van der Waals surface area contributed by atoms with Gasteiger partial charge in [-0.25, -0.2) is 0 Å². The third kappa shape index (κ3) is 4.93. The smallest absolute Gasteiger partial charge is 0.272 e. The molecule has 3 aromatic rings. The molecule has 0 bridgehead atoms. The van der Waals surface area contributed by atoms with Crippen LogP contribution in [-0.2, 0) is 0 Å². The predicted octanol–water partition coefficient (Wildman–Crippen LogP) is 4.13. The summed E-state index contributed by atoms with van der Waals surface area (Å²) in [6.45, 7) is 2.53. The van der Waals surface area contributed by atoms with Crippen molar-refractivity contribution in [3.05, 3.63) is 92.2 Å². The molecule has 0 saturated heterocycles. The summed E-state index contributed by atoms with van der Waals surface area (Å²) in [5, 5.41) is 14.1. The summed E-state index contributed by atoms with van der Waals surface area (Å²) >= 11 is 0. The Labute approximate surface area is 170 Å². The average Bonchev–Trinajstić information content (AvgIpc) is 2.78. The summed E-state index contributed by atoms with van der Waals surface area (Å²) < 4.78 is 5.61. The van der Waals surface area contributed by atoms with E-state index >= 15 is 0 Å². The fraction of sp³-hybridized carbons (Fsp3) is 0.333. The number of aliphatic hydroxyl groups excluding tert-OH is 1. The lowest BCUT2D eigenvalue weighted by Crippen LogP contribution is -2.37. The van der Waals surface area contributed by atoms with E-state index in [0.29, 0.717) is 6.61 Å². The summed E-state index contributed by atoms with van der Waals surface area (Å²) in [5.41, 5.74) is 0.466. The van der Waals surface area contributed by atoms with Gasteiger partial charge >= 0.3 is 0 Å². The van der Waals surface area contributed by atoms with E-state index in [4.69, 9.17) is 4.74 Å². The second kappa shape index (κ2) is 10.0. The molecule has 5 nitrogen and oxygen atoms in total. The zero-order valence-electron chi connectivity index (χ0n) is 16.6. The van der Waals surface area contributed by atoms with E-state index in [1.807, 2.05) is 60.7 Å². The third-order valence-electron chi connectivity index (χ3n) is 5.03. The Kier molecular flexibility index (Phi) is 7.19. The molecule has 0 fully saturated rings. The van der Waals surface area contributed by atoms with Crippen molar-refractivity contribution in [2.75, 3.05) is 11.9 Å². The van der Waals surface area contributed by atoms with Crippen LogP contribution in [0.15, 0.2) is 70.3 Å². The van der Waals surface area contributed by atoms with Crippen LogP contribution >= 0.6 is 0 Å². The Bertz CT molecular complexity index is 962. The second-order valence-corrected chi connectivity index (χ2v) is 7.16. The molecule has 0 radical (unpaired) electrons. The van der Waals surface area contributed by atoms with Crippen LogP contribution in [-0.4, -0.2) is 11.7 Å². The molecule has 5 heteroatoms. The van der Waals surface area contributed by atoms with Gasteiger partial charge < -0.3 is 15.2 Å². The largest absolute Gasteiger partial charge is 0.487 e. The molecule has 0 aliphatic carbocycles. The zero-order chi connectivity index (χ0) is 20.6. The zero-order valence-corrected chi connectivity index (χ0v) is 16.6. The van der Waals surface area contributed by atoms with Gasteiger partial charge in [0.15, 0.2) is 5.75 Å². The molecule has 29 heavy (non-hydrogen) atoms. The topological polar surface area (TPSA) is 75.6 Å². The lowest BCUT2D eigenvalue weighted by Gasteiger charge is -2.27. The summed E-state index contributed by atoms with van der Waals surface area (Å²) in [6, 6.07) is 18.0. The van der Waals surface area contributed by atoms with Crippen molar-refractivity contribution in [2.24, 2.45) is 0 Å². The van der Waals surface area contributed by atoms with Crippen LogP contribution in [0.2, 0.25) is 0 Å². The van der Waals surface area contributed by atoms with Crippen molar-refractivity contribution in [1.29, 1.82) is 0 Å². The maximum Gasteiger partial charge on any atom is 0.272 e. The van der Waals surface area contributed by atoms with E-state index in [0.717, 1.165) is 36.8 Å². The van der Waals surface area contributed by atoms with Crippen LogP contribution in [0.3, 0.4) is 0 Å². The number of benzene rings is 2. The van der Waals surface area contributed by atoms with E-state index in [1.165, 1.54) is 0 Å². The second-order valence-electron chi connectivity index (χ2n) is 7.16. The minimum Gasteiger partial charge on any atom is -0.487 e. The van der Waals surface area contributed by atoms with Gasteiger partial charge in [0.1, 0.15) is 11.8 Å². The molecule has 2 atom stereocenters. The van der Waals surface area contributed by atoms with E-state index in [9.17, 15) is 14.7 Å². The Morgan fingerprint density at radius 1 is 0.862 bits per heavy atom. The molecule has 0 heterocycles. The molecule has 152 valence electrons. The fourth-order valence-corrected chi connectivity index (χ4v) is 3.35. The van der Waals surface area contributed by atoms with Gasteiger partial charge in [0, 0.05) is 0 Å². The lowest BCUT2D eigenvalue weighted by molar-refractivity contribution is 0.154. The quantitative estimate of drug-likeness (QED) is 0.378. The summed E-state index contributed by atoms with van der Waals surface area (Å²) in [7, 11) is 0. The van der Waals surface area contributed by atoms with Crippen molar-refractivity contribution >= 4 is 5.69 Å². The van der Waals surface area contributed by atoms with Gasteiger partial charge in [0.05, 0.1) is 12.6 Å². The molecule has 0 unspecified atom stereocenters. The van der Waals surface area contributed by atoms with Gasteiger partial charge in [-0.2, -0.15) is 0 Å². The molecular weight excluding hydrogens is 366 g/mol. The number of rotatable bonds is 11. The van der Waals surface area contributed by atoms with Gasteiger partial charge in [0.2, 0.25) is 0 Å². The highest BCUT2D eigenvalue weighted by Crippen LogP contribution is 2.33. The first-order valence-electron chi connectivity index (χ1n) is 10.1. The minimum atomic E-state index is -0.902. The van der Waals surface area contributed by atoms with E-state index in [1.54, 1.807) is 0 Å². The fourth-order valence-electron chi connectivity index (χ4n) is 3.35. The maximum atomic E-state index is 12.2.